The molecule has 1 unspecified atom stereocenters. The molecule has 0 saturated carbocycles. The number of carboxylic acids is 1. The number of carbonyl (C=O) groups is 2. The number of rotatable bonds is 3. The standard InChI is InChI=1S/C15H18N4O3/c20-14(21)12-2-1-5-19(10-12)15(22)17-9-11-3-6-18-7-4-16-13(18)8-11/h3-4,6-8,12H,1-2,5,9-10H2,(H,17,22)(H,20,21). The lowest BCUT2D eigenvalue weighted by Crippen LogP contribution is -2.46. The molecule has 3 rings (SSSR count). The first-order valence-corrected chi connectivity index (χ1v) is 7.30. The summed E-state index contributed by atoms with van der Waals surface area (Å²) in [5.74, 6) is -1.29. The van der Waals surface area contributed by atoms with Crippen LogP contribution in [0.1, 0.15) is 18.4 Å². The maximum Gasteiger partial charge on any atom is 0.317 e. The summed E-state index contributed by atoms with van der Waals surface area (Å²) in [6, 6.07) is 3.62. The Bertz CT molecular complexity index is 697. The van der Waals surface area contributed by atoms with E-state index >= 15 is 0 Å². The van der Waals surface area contributed by atoms with Gasteiger partial charge in [-0.1, -0.05) is 0 Å². The Balaban J connectivity index is 1.58. The largest absolute Gasteiger partial charge is 0.481 e. The molecule has 1 atom stereocenters. The highest BCUT2D eigenvalue weighted by Gasteiger charge is 2.27. The number of carboxylic acid groups (broad SMARTS) is 1. The normalized spacial score (nSPS) is 18.4. The molecule has 2 aromatic heterocycles. The van der Waals surface area contributed by atoms with Crippen LogP contribution in [0.15, 0.2) is 30.7 Å². The summed E-state index contributed by atoms with van der Waals surface area (Å²) in [4.78, 5) is 29.0. The number of hydrogen-bond acceptors (Lipinski definition) is 3. The minimum Gasteiger partial charge on any atom is -0.481 e. The molecule has 22 heavy (non-hydrogen) atoms. The maximum absolute atomic E-state index is 12.2. The predicted molar refractivity (Wildman–Crippen MR) is 79.4 cm³/mol. The van der Waals surface area contributed by atoms with Crippen LogP contribution in [0.25, 0.3) is 5.65 Å². The van der Waals surface area contributed by atoms with Gasteiger partial charge in [0.25, 0.3) is 0 Å². The van der Waals surface area contributed by atoms with Crippen molar-refractivity contribution in [1.82, 2.24) is 19.6 Å². The SMILES string of the molecule is O=C(O)C1CCCN(C(=O)NCc2ccn3ccnc3c2)C1. The summed E-state index contributed by atoms with van der Waals surface area (Å²) in [7, 11) is 0. The number of nitrogens with zero attached hydrogens (tertiary/aromatic N) is 3. The molecule has 2 N–H and O–H groups in total. The van der Waals surface area contributed by atoms with Gasteiger partial charge in [0.2, 0.25) is 0 Å². The molecule has 7 heteroatoms. The highest BCUT2D eigenvalue weighted by atomic mass is 16.4. The number of fused-ring (bicyclic) bond motifs is 1. The van der Waals surface area contributed by atoms with Crippen LogP contribution in [0.5, 0.6) is 0 Å². The fourth-order valence-corrected chi connectivity index (χ4v) is 2.72. The Kier molecular flexibility index (Phi) is 3.95. The summed E-state index contributed by atoms with van der Waals surface area (Å²) >= 11 is 0. The van der Waals surface area contributed by atoms with Crippen LogP contribution in [0, 0.1) is 5.92 Å². The third-order valence-electron chi connectivity index (χ3n) is 3.96. The second-order valence-corrected chi connectivity index (χ2v) is 5.51. The van der Waals surface area contributed by atoms with Crippen molar-refractivity contribution in [1.29, 1.82) is 0 Å². The average Bonchev–Trinajstić information content (AvgIpc) is 3.00. The van der Waals surface area contributed by atoms with Crippen molar-refractivity contribution >= 4 is 17.6 Å². The zero-order valence-electron chi connectivity index (χ0n) is 12.1. The number of pyridine rings is 1. The van der Waals surface area contributed by atoms with Gasteiger partial charge < -0.3 is 19.7 Å². The molecule has 0 radical (unpaired) electrons. The lowest BCUT2D eigenvalue weighted by atomic mass is 9.99. The van der Waals surface area contributed by atoms with Crippen LogP contribution in [0.3, 0.4) is 0 Å². The smallest absolute Gasteiger partial charge is 0.317 e. The van der Waals surface area contributed by atoms with Crippen molar-refractivity contribution in [2.24, 2.45) is 5.92 Å². The topological polar surface area (TPSA) is 86.9 Å². The molecule has 2 amide bonds. The Morgan fingerprint density at radius 2 is 2.27 bits per heavy atom. The Morgan fingerprint density at radius 1 is 1.41 bits per heavy atom. The highest BCUT2D eigenvalue weighted by molar-refractivity contribution is 5.76. The summed E-state index contributed by atoms with van der Waals surface area (Å²) < 4.78 is 1.90. The molecule has 7 nitrogen and oxygen atoms in total. The molecule has 1 saturated heterocycles. The second-order valence-electron chi connectivity index (χ2n) is 5.51. The van der Waals surface area contributed by atoms with Crippen molar-refractivity contribution in [3.63, 3.8) is 0 Å². The molecular weight excluding hydrogens is 284 g/mol. The molecular formula is C15H18N4O3. The molecule has 1 aliphatic heterocycles. The van der Waals surface area contributed by atoms with Crippen LogP contribution >= 0.6 is 0 Å². The number of amides is 2. The first kappa shape index (κ1) is 14.4. The van der Waals surface area contributed by atoms with Crippen molar-refractivity contribution < 1.29 is 14.7 Å². The molecule has 116 valence electrons. The van der Waals surface area contributed by atoms with Crippen LogP contribution < -0.4 is 5.32 Å². The number of hydrogen-bond donors (Lipinski definition) is 2. The predicted octanol–water partition coefficient (Wildman–Crippen LogP) is 1.34. The van der Waals surface area contributed by atoms with E-state index in [0.717, 1.165) is 17.6 Å². The van der Waals surface area contributed by atoms with Gasteiger partial charge in [-0.05, 0) is 30.5 Å². The fourth-order valence-electron chi connectivity index (χ4n) is 2.72. The number of likely N-dealkylation sites (tertiary alicyclic amines) is 1. The minimum atomic E-state index is -0.831. The molecule has 0 spiro atoms. The number of piperidine rings is 1. The summed E-state index contributed by atoms with van der Waals surface area (Å²) in [6.45, 7) is 1.28. The van der Waals surface area contributed by atoms with Gasteiger partial charge in [0.1, 0.15) is 5.65 Å². The summed E-state index contributed by atoms with van der Waals surface area (Å²) in [5.41, 5.74) is 1.79. The van der Waals surface area contributed by atoms with Gasteiger partial charge in [0, 0.05) is 38.2 Å². The summed E-state index contributed by atoms with van der Waals surface area (Å²) in [5, 5.41) is 11.9. The number of urea groups is 1. The Morgan fingerprint density at radius 3 is 3.09 bits per heavy atom. The highest BCUT2D eigenvalue weighted by Crippen LogP contribution is 2.16. The van der Waals surface area contributed by atoms with Gasteiger partial charge in [-0.2, -0.15) is 0 Å². The van der Waals surface area contributed by atoms with Gasteiger partial charge in [-0.3, -0.25) is 4.79 Å². The van der Waals surface area contributed by atoms with Crippen molar-refractivity contribution in [2.45, 2.75) is 19.4 Å². The van der Waals surface area contributed by atoms with E-state index in [1.165, 1.54) is 0 Å². The zero-order valence-corrected chi connectivity index (χ0v) is 12.1. The lowest BCUT2D eigenvalue weighted by Gasteiger charge is -2.30. The molecule has 0 aliphatic carbocycles. The second kappa shape index (κ2) is 6.05. The van der Waals surface area contributed by atoms with E-state index in [4.69, 9.17) is 5.11 Å². The third kappa shape index (κ3) is 3.03. The monoisotopic (exact) mass is 302 g/mol. The van der Waals surface area contributed by atoms with E-state index in [9.17, 15) is 9.59 Å². The maximum atomic E-state index is 12.2. The first-order valence-electron chi connectivity index (χ1n) is 7.30. The molecule has 0 bridgehead atoms. The molecule has 1 aliphatic rings. The van der Waals surface area contributed by atoms with Crippen LogP contribution in [-0.4, -0.2) is 44.5 Å². The number of aromatic nitrogens is 2. The lowest BCUT2D eigenvalue weighted by molar-refractivity contribution is -0.143. The average molecular weight is 302 g/mol. The van der Waals surface area contributed by atoms with Gasteiger partial charge in [0.15, 0.2) is 0 Å². The number of nitrogens with one attached hydrogen (secondary N) is 1. The molecule has 0 aromatic carbocycles. The van der Waals surface area contributed by atoms with Crippen LogP contribution in [0.4, 0.5) is 4.79 Å². The molecule has 2 aromatic rings. The quantitative estimate of drug-likeness (QED) is 0.895. The number of imidazole rings is 1. The van der Waals surface area contributed by atoms with E-state index in [-0.39, 0.29) is 12.6 Å². The number of aliphatic carboxylic acids is 1. The van der Waals surface area contributed by atoms with Gasteiger partial charge in [0.05, 0.1) is 5.92 Å². The van der Waals surface area contributed by atoms with Gasteiger partial charge in [-0.25, -0.2) is 9.78 Å². The van der Waals surface area contributed by atoms with E-state index in [0.29, 0.717) is 19.5 Å². The minimum absolute atomic E-state index is 0.214. The van der Waals surface area contributed by atoms with E-state index in [2.05, 4.69) is 10.3 Å². The van der Waals surface area contributed by atoms with E-state index < -0.39 is 11.9 Å². The Hall–Kier alpha value is -2.57. The van der Waals surface area contributed by atoms with Crippen molar-refractivity contribution in [2.75, 3.05) is 13.1 Å². The zero-order chi connectivity index (χ0) is 15.5. The first-order chi connectivity index (χ1) is 10.6. The summed E-state index contributed by atoms with van der Waals surface area (Å²) in [6.07, 6.45) is 6.83. The molecule has 1 fully saturated rings. The van der Waals surface area contributed by atoms with Gasteiger partial charge >= 0.3 is 12.0 Å². The van der Waals surface area contributed by atoms with Crippen molar-refractivity contribution in [3.05, 3.63) is 36.3 Å². The van der Waals surface area contributed by atoms with E-state index in [1.54, 1.807) is 11.1 Å². The fraction of sp³-hybridized carbons (Fsp3) is 0.400. The van der Waals surface area contributed by atoms with Crippen molar-refractivity contribution in [3.8, 4) is 0 Å². The Labute approximate surface area is 127 Å². The third-order valence-corrected chi connectivity index (χ3v) is 3.96. The molecule has 3 heterocycles. The van der Waals surface area contributed by atoms with E-state index in [1.807, 2.05) is 28.9 Å². The van der Waals surface area contributed by atoms with Crippen LogP contribution in [-0.2, 0) is 11.3 Å². The van der Waals surface area contributed by atoms with Gasteiger partial charge in [-0.15, -0.1) is 0 Å². The van der Waals surface area contributed by atoms with Crippen LogP contribution in [0.2, 0.25) is 0 Å². The number of carbonyl (C=O) groups excluding carboxylic acids is 1.